The van der Waals surface area contributed by atoms with E-state index < -0.39 is 34.4 Å². The molecule has 2 heterocycles. The maximum atomic E-state index is 12.3. The first kappa shape index (κ1) is 18.5. The maximum Gasteiger partial charge on any atom is 0.351 e. The summed E-state index contributed by atoms with van der Waals surface area (Å²) >= 11 is 0. The number of likely N-dealkylation sites (N-methyl/N-ethyl adjacent to an activating group) is 1. The van der Waals surface area contributed by atoms with Gasteiger partial charge in [0.1, 0.15) is 6.61 Å². The molecule has 1 amide bonds. The second-order valence-corrected chi connectivity index (χ2v) is 8.44. The summed E-state index contributed by atoms with van der Waals surface area (Å²) < 4.78 is 39.3. The van der Waals surface area contributed by atoms with Gasteiger partial charge < -0.3 is 19.1 Å². The highest BCUT2D eigenvalue weighted by molar-refractivity contribution is 7.91. The number of sulfone groups is 1. The monoisotopic (exact) mass is 383 g/mol. The van der Waals surface area contributed by atoms with Gasteiger partial charge >= 0.3 is 5.97 Å². The van der Waals surface area contributed by atoms with E-state index in [-0.39, 0.29) is 24.2 Å². The van der Waals surface area contributed by atoms with Gasteiger partial charge in [0, 0.05) is 12.6 Å². The van der Waals surface area contributed by atoms with E-state index >= 15 is 0 Å². The lowest BCUT2D eigenvalue weighted by Crippen LogP contribution is -2.44. The summed E-state index contributed by atoms with van der Waals surface area (Å²) in [6.45, 7) is 1.67. The second-order valence-electron chi connectivity index (χ2n) is 6.21. The van der Waals surface area contributed by atoms with E-state index in [9.17, 15) is 18.0 Å². The number of amides is 1. The van der Waals surface area contributed by atoms with Crippen LogP contribution in [0, 0.1) is 0 Å². The zero-order valence-corrected chi connectivity index (χ0v) is 15.2. The third kappa shape index (κ3) is 4.09. The fourth-order valence-electron chi connectivity index (χ4n) is 3.10. The number of hydrogen-bond acceptors (Lipinski definition) is 7. The van der Waals surface area contributed by atoms with Crippen LogP contribution in [0.4, 0.5) is 0 Å². The molecule has 3 rings (SSSR count). The highest BCUT2D eigenvalue weighted by Gasteiger charge is 2.35. The zero-order chi connectivity index (χ0) is 18.7. The molecule has 0 radical (unpaired) electrons. The SMILES string of the molecule is CCN(C(=O)COC(=O)C1COc2ccccc2O1)C1CCS(=O)(=O)C1. The Balaban J connectivity index is 1.53. The van der Waals surface area contributed by atoms with Gasteiger partial charge in [-0.15, -0.1) is 0 Å². The van der Waals surface area contributed by atoms with Crippen molar-refractivity contribution >= 4 is 21.7 Å². The van der Waals surface area contributed by atoms with Crippen molar-refractivity contribution in [3.63, 3.8) is 0 Å². The molecule has 8 nitrogen and oxygen atoms in total. The van der Waals surface area contributed by atoms with E-state index in [0.29, 0.717) is 24.5 Å². The standard InChI is InChI=1S/C17H21NO7S/c1-2-18(12-7-8-26(21,22)11-12)16(19)10-24-17(20)15-9-23-13-5-3-4-6-14(13)25-15/h3-6,12,15H,2,7-11H2,1H3. The lowest BCUT2D eigenvalue weighted by atomic mass is 10.2. The minimum absolute atomic E-state index is 0.00238. The Hall–Kier alpha value is -2.29. The fourth-order valence-corrected chi connectivity index (χ4v) is 4.83. The van der Waals surface area contributed by atoms with E-state index in [4.69, 9.17) is 14.2 Å². The van der Waals surface area contributed by atoms with E-state index in [1.54, 1.807) is 31.2 Å². The molecule has 0 N–H and O–H groups in total. The molecule has 1 aromatic carbocycles. The van der Waals surface area contributed by atoms with Crippen LogP contribution in [0.1, 0.15) is 13.3 Å². The molecule has 2 aliphatic rings. The molecular formula is C17H21NO7S. The maximum absolute atomic E-state index is 12.3. The van der Waals surface area contributed by atoms with E-state index in [2.05, 4.69) is 0 Å². The van der Waals surface area contributed by atoms with Crippen molar-refractivity contribution in [3.8, 4) is 11.5 Å². The average molecular weight is 383 g/mol. The quantitative estimate of drug-likeness (QED) is 0.679. The van der Waals surface area contributed by atoms with E-state index in [1.807, 2.05) is 0 Å². The van der Waals surface area contributed by atoms with Gasteiger partial charge in [0.2, 0.25) is 6.10 Å². The number of carbonyl (C=O) groups excluding carboxylic acids is 2. The predicted octanol–water partition coefficient (Wildman–Crippen LogP) is 0.405. The normalized spacial score (nSPS) is 23.3. The molecule has 1 aromatic rings. The fraction of sp³-hybridized carbons (Fsp3) is 0.529. The van der Waals surface area contributed by atoms with Gasteiger partial charge in [-0.2, -0.15) is 0 Å². The first-order valence-electron chi connectivity index (χ1n) is 8.44. The molecule has 0 bridgehead atoms. The summed E-state index contributed by atoms with van der Waals surface area (Å²) in [5.41, 5.74) is 0. The molecule has 9 heteroatoms. The Bertz CT molecular complexity index is 792. The Kier molecular flexibility index (Phi) is 5.36. The van der Waals surface area contributed by atoms with E-state index in [1.165, 1.54) is 4.90 Å². The number of ether oxygens (including phenoxy) is 3. The van der Waals surface area contributed by atoms with Gasteiger partial charge in [-0.05, 0) is 25.5 Å². The van der Waals surface area contributed by atoms with Crippen molar-refractivity contribution in [1.29, 1.82) is 0 Å². The topological polar surface area (TPSA) is 99.2 Å². The molecule has 2 atom stereocenters. The summed E-state index contributed by atoms with van der Waals surface area (Å²) in [4.78, 5) is 25.9. The van der Waals surface area contributed by atoms with Gasteiger partial charge in [0.05, 0.1) is 11.5 Å². The van der Waals surface area contributed by atoms with Crippen molar-refractivity contribution in [3.05, 3.63) is 24.3 Å². The number of rotatable bonds is 5. The molecule has 0 spiro atoms. The van der Waals surface area contributed by atoms with Crippen molar-refractivity contribution in [2.24, 2.45) is 0 Å². The van der Waals surface area contributed by atoms with Crippen molar-refractivity contribution in [2.45, 2.75) is 25.5 Å². The lowest BCUT2D eigenvalue weighted by molar-refractivity contribution is -0.160. The van der Waals surface area contributed by atoms with Crippen molar-refractivity contribution in [1.82, 2.24) is 4.90 Å². The Morgan fingerprint density at radius 3 is 2.65 bits per heavy atom. The molecule has 2 aliphatic heterocycles. The molecule has 2 unspecified atom stereocenters. The lowest BCUT2D eigenvalue weighted by Gasteiger charge is -2.28. The van der Waals surface area contributed by atoms with Crippen LogP contribution >= 0.6 is 0 Å². The highest BCUT2D eigenvalue weighted by atomic mass is 32.2. The molecule has 142 valence electrons. The number of benzene rings is 1. The third-order valence-corrected chi connectivity index (χ3v) is 6.17. The summed E-state index contributed by atoms with van der Waals surface area (Å²) in [5, 5.41) is 0. The van der Waals surface area contributed by atoms with Crippen molar-refractivity contribution in [2.75, 3.05) is 31.3 Å². The van der Waals surface area contributed by atoms with E-state index in [0.717, 1.165) is 0 Å². The van der Waals surface area contributed by atoms with Crippen molar-refractivity contribution < 1.29 is 32.2 Å². The average Bonchev–Trinajstić information content (AvgIpc) is 2.99. The molecule has 1 saturated heterocycles. The Morgan fingerprint density at radius 1 is 1.27 bits per heavy atom. The first-order chi connectivity index (χ1) is 12.4. The molecule has 0 aliphatic carbocycles. The van der Waals surface area contributed by atoms with Gasteiger partial charge in [-0.1, -0.05) is 12.1 Å². The van der Waals surface area contributed by atoms with Crippen LogP contribution < -0.4 is 9.47 Å². The second kappa shape index (κ2) is 7.53. The van der Waals surface area contributed by atoms with Crippen LogP contribution in [0.25, 0.3) is 0 Å². The van der Waals surface area contributed by atoms with Gasteiger partial charge in [0.15, 0.2) is 27.9 Å². The molecule has 0 saturated carbocycles. The number of nitrogens with zero attached hydrogens (tertiary/aromatic N) is 1. The molecular weight excluding hydrogens is 362 g/mol. The van der Waals surface area contributed by atoms with Crippen LogP contribution in [-0.2, 0) is 24.2 Å². The molecule has 26 heavy (non-hydrogen) atoms. The summed E-state index contributed by atoms with van der Waals surface area (Å²) in [6, 6.07) is 6.60. The largest absolute Gasteiger partial charge is 0.485 e. The summed E-state index contributed by atoms with van der Waals surface area (Å²) in [5.74, 6) is -0.0845. The number of carbonyl (C=O) groups is 2. The summed E-state index contributed by atoms with van der Waals surface area (Å²) in [7, 11) is -3.10. The van der Waals surface area contributed by atoms with Crippen LogP contribution in [0.15, 0.2) is 24.3 Å². The zero-order valence-electron chi connectivity index (χ0n) is 14.4. The molecule has 1 fully saturated rings. The summed E-state index contributed by atoms with van der Waals surface area (Å²) in [6.07, 6.45) is -0.536. The molecule has 0 aromatic heterocycles. The Morgan fingerprint density at radius 2 is 2.00 bits per heavy atom. The number of hydrogen-bond donors (Lipinski definition) is 0. The smallest absolute Gasteiger partial charge is 0.351 e. The predicted molar refractivity (Wildman–Crippen MR) is 91.8 cm³/mol. The minimum atomic E-state index is -3.10. The van der Waals surface area contributed by atoms with Gasteiger partial charge in [-0.25, -0.2) is 13.2 Å². The Labute approximate surface area is 151 Å². The van der Waals surface area contributed by atoms with Crippen LogP contribution in [0.2, 0.25) is 0 Å². The third-order valence-electron chi connectivity index (χ3n) is 4.42. The van der Waals surface area contributed by atoms with Crippen LogP contribution in [0.5, 0.6) is 11.5 Å². The van der Waals surface area contributed by atoms with Crippen LogP contribution in [0.3, 0.4) is 0 Å². The highest BCUT2D eigenvalue weighted by Crippen LogP contribution is 2.31. The van der Waals surface area contributed by atoms with Crippen LogP contribution in [-0.4, -0.2) is 68.6 Å². The number of para-hydroxylation sites is 2. The number of fused-ring (bicyclic) bond motifs is 1. The van der Waals surface area contributed by atoms with Gasteiger partial charge in [0.25, 0.3) is 5.91 Å². The van der Waals surface area contributed by atoms with Gasteiger partial charge in [-0.3, -0.25) is 4.79 Å². The minimum Gasteiger partial charge on any atom is -0.485 e. The first-order valence-corrected chi connectivity index (χ1v) is 10.3. The number of esters is 1.